The van der Waals surface area contributed by atoms with E-state index in [0.717, 1.165) is 15.6 Å². The molecule has 0 aliphatic rings. The number of aryl methyl sites for hydroxylation is 1. The average molecular weight is 437 g/mol. The number of carbonyl (C=O) groups excluding carboxylic acids is 1. The summed E-state index contributed by atoms with van der Waals surface area (Å²) in [7, 11) is 0. The van der Waals surface area contributed by atoms with E-state index in [1.165, 1.54) is 0 Å². The summed E-state index contributed by atoms with van der Waals surface area (Å²) in [6.07, 6.45) is 0. The topological polar surface area (TPSA) is 77.2 Å². The monoisotopic (exact) mass is 435 g/mol. The van der Waals surface area contributed by atoms with Gasteiger partial charge in [-0.05, 0) is 55.0 Å². The van der Waals surface area contributed by atoms with Crippen LogP contribution in [-0.2, 0) is 11.3 Å². The van der Waals surface area contributed by atoms with Crippen LogP contribution in [0.2, 0.25) is 5.02 Å². The highest BCUT2D eigenvalue weighted by Gasteiger charge is 2.10. The van der Waals surface area contributed by atoms with Gasteiger partial charge in [0.15, 0.2) is 6.61 Å². The van der Waals surface area contributed by atoms with Crippen LogP contribution in [0, 0.1) is 6.92 Å². The van der Waals surface area contributed by atoms with Gasteiger partial charge < -0.3 is 14.6 Å². The second kappa shape index (κ2) is 8.33. The van der Waals surface area contributed by atoms with Crippen molar-refractivity contribution in [1.29, 1.82) is 0 Å². The van der Waals surface area contributed by atoms with Gasteiger partial charge in [0.25, 0.3) is 5.91 Å². The zero-order valence-electron chi connectivity index (χ0n) is 13.8. The summed E-state index contributed by atoms with van der Waals surface area (Å²) in [4.78, 5) is 16.1. The van der Waals surface area contributed by atoms with E-state index >= 15 is 0 Å². The van der Waals surface area contributed by atoms with Crippen molar-refractivity contribution in [3.05, 3.63) is 63.4 Å². The van der Waals surface area contributed by atoms with Gasteiger partial charge in [-0.15, -0.1) is 0 Å². The summed E-state index contributed by atoms with van der Waals surface area (Å²) in [5.41, 5.74) is 1.81. The number of benzene rings is 2. The Morgan fingerprint density at radius 3 is 2.77 bits per heavy atom. The third kappa shape index (κ3) is 4.83. The van der Waals surface area contributed by atoms with Gasteiger partial charge in [-0.2, -0.15) is 4.98 Å². The van der Waals surface area contributed by atoms with E-state index in [1.54, 1.807) is 30.3 Å². The van der Waals surface area contributed by atoms with Crippen LogP contribution in [0.1, 0.15) is 11.5 Å². The highest BCUT2D eigenvalue weighted by atomic mass is 79.9. The average Bonchev–Trinajstić information content (AvgIpc) is 3.10. The number of rotatable bonds is 6. The Balaban J connectivity index is 1.50. The molecule has 0 fully saturated rings. The van der Waals surface area contributed by atoms with Crippen LogP contribution in [0.3, 0.4) is 0 Å². The Bertz CT molecular complexity index is 912. The zero-order chi connectivity index (χ0) is 18.5. The lowest BCUT2D eigenvalue weighted by Gasteiger charge is -2.07. The SMILES string of the molecule is Cc1cc(OCC(=O)NCc2nc(-c3ccc(Cl)cc3)no2)ccc1Br. The second-order valence-corrected chi connectivity index (χ2v) is 6.79. The number of halogens is 2. The Kier molecular flexibility index (Phi) is 5.90. The summed E-state index contributed by atoms with van der Waals surface area (Å²) in [5, 5.41) is 7.20. The van der Waals surface area contributed by atoms with Crippen LogP contribution in [0.25, 0.3) is 11.4 Å². The molecule has 0 unspecified atom stereocenters. The molecule has 26 heavy (non-hydrogen) atoms. The van der Waals surface area contributed by atoms with E-state index in [4.69, 9.17) is 20.9 Å². The van der Waals surface area contributed by atoms with Crippen molar-refractivity contribution in [2.75, 3.05) is 6.61 Å². The van der Waals surface area contributed by atoms with E-state index in [0.29, 0.717) is 22.5 Å². The van der Waals surface area contributed by atoms with E-state index < -0.39 is 0 Å². The van der Waals surface area contributed by atoms with Gasteiger partial charge in [0.2, 0.25) is 11.7 Å². The second-order valence-electron chi connectivity index (χ2n) is 5.50. The summed E-state index contributed by atoms with van der Waals surface area (Å²) in [5.74, 6) is 1.09. The summed E-state index contributed by atoms with van der Waals surface area (Å²) in [6.45, 7) is 1.98. The molecule has 1 amide bonds. The number of carbonyl (C=O) groups is 1. The fourth-order valence-corrected chi connectivity index (χ4v) is 2.50. The third-order valence-corrected chi connectivity index (χ3v) is 4.65. The van der Waals surface area contributed by atoms with Crippen molar-refractivity contribution in [2.24, 2.45) is 0 Å². The van der Waals surface area contributed by atoms with Crippen molar-refractivity contribution < 1.29 is 14.1 Å². The molecule has 8 heteroatoms. The summed E-state index contributed by atoms with van der Waals surface area (Å²) >= 11 is 9.27. The molecule has 0 atom stereocenters. The number of nitrogens with zero attached hydrogens (tertiary/aromatic N) is 2. The third-order valence-electron chi connectivity index (χ3n) is 3.51. The van der Waals surface area contributed by atoms with Crippen molar-refractivity contribution in [1.82, 2.24) is 15.5 Å². The molecule has 0 spiro atoms. The van der Waals surface area contributed by atoms with Gasteiger partial charge in [-0.3, -0.25) is 4.79 Å². The molecule has 0 bridgehead atoms. The van der Waals surface area contributed by atoms with Gasteiger partial charge in [-0.25, -0.2) is 0 Å². The van der Waals surface area contributed by atoms with Gasteiger partial charge in [0.05, 0.1) is 6.54 Å². The first-order valence-electron chi connectivity index (χ1n) is 7.75. The predicted molar refractivity (Wildman–Crippen MR) is 101 cm³/mol. The van der Waals surface area contributed by atoms with Crippen molar-refractivity contribution >= 4 is 33.4 Å². The molecule has 2 aromatic carbocycles. The Labute approximate surface area is 163 Å². The minimum absolute atomic E-state index is 0.0980. The molecule has 1 aromatic heterocycles. The lowest BCUT2D eigenvalue weighted by molar-refractivity contribution is -0.123. The first-order valence-corrected chi connectivity index (χ1v) is 8.92. The maximum Gasteiger partial charge on any atom is 0.258 e. The van der Waals surface area contributed by atoms with Crippen molar-refractivity contribution in [2.45, 2.75) is 13.5 Å². The smallest absolute Gasteiger partial charge is 0.258 e. The molecule has 134 valence electrons. The Morgan fingerprint density at radius 1 is 1.27 bits per heavy atom. The highest BCUT2D eigenvalue weighted by Crippen LogP contribution is 2.21. The summed E-state index contributed by atoms with van der Waals surface area (Å²) in [6, 6.07) is 12.6. The van der Waals surface area contributed by atoms with E-state index in [1.807, 2.05) is 19.1 Å². The van der Waals surface area contributed by atoms with E-state index in [9.17, 15) is 4.79 Å². The normalized spacial score (nSPS) is 10.6. The summed E-state index contributed by atoms with van der Waals surface area (Å²) < 4.78 is 11.6. The van der Waals surface area contributed by atoms with Crippen LogP contribution in [-0.4, -0.2) is 22.7 Å². The quantitative estimate of drug-likeness (QED) is 0.628. The largest absolute Gasteiger partial charge is 0.484 e. The molecule has 1 N–H and O–H groups in total. The molecular formula is C18H15BrClN3O3. The molecule has 3 rings (SSSR count). The minimum atomic E-state index is -0.281. The van der Waals surface area contributed by atoms with Crippen LogP contribution < -0.4 is 10.1 Å². The minimum Gasteiger partial charge on any atom is -0.484 e. The molecule has 0 saturated carbocycles. The number of hydrogen-bond acceptors (Lipinski definition) is 5. The van der Waals surface area contributed by atoms with Gasteiger partial charge in [0, 0.05) is 15.1 Å². The zero-order valence-corrected chi connectivity index (χ0v) is 16.2. The van der Waals surface area contributed by atoms with E-state index in [-0.39, 0.29) is 19.1 Å². The van der Waals surface area contributed by atoms with Crippen LogP contribution in [0.5, 0.6) is 5.75 Å². The Morgan fingerprint density at radius 2 is 2.04 bits per heavy atom. The number of ether oxygens (including phenoxy) is 1. The molecule has 6 nitrogen and oxygen atoms in total. The van der Waals surface area contributed by atoms with Crippen molar-refractivity contribution in [3.63, 3.8) is 0 Å². The predicted octanol–water partition coefficient (Wildman–Crippen LogP) is 4.16. The maximum atomic E-state index is 11.9. The molecule has 1 heterocycles. The number of aromatic nitrogens is 2. The van der Waals surface area contributed by atoms with E-state index in [2.05, 4.69) is 31.4 Å². The standard InChI is InChI=1S/C18H15BrClN3O3/c1-11-8-14(6-7-15(11)19)25-10-16(24)21-9-17-22-18(23-26-17)12-2-4-13(20)5-3-12/h2-8H,9-10H2,1H3,(H,21,24). The van der Waals surface area contributed by atoms with Crippen LogP contribution in [0.4, 0.5) is 0 Å². The first-order chi connectivity index (χ1) is 12.5. The molecular weight excluding hydrogens is 422 g/mol. The number of hydrogen-bond donors (Lipinski definition) is 1. The van der Waals surface area contributed by atoms with Crippen LogP contribution >= 0.6 is 27.5 Å². The van der Waals surface area contributed by atoms with Crippen molar-refractivity contribution in [3.8, 4) is 17.1 Å². The fraction of sp³-hybridized carbons (Fsp3) is 0.167. The highest BCUT2D eigenvalue weighted by molar-refractivity contribution is 9.10. The first kappa shape index (κ1) is 18.4. The van der Waals surface area contributed by atoms with Gasteiger partial charge in [-0.1, -0.05) is 32.7 Å². The number of amides is 1. The lowest BCUT2D eigenvalue weighted by Crippen LogP contribution is -2.28. The van der Waals surface area contributed by atoms with Gasteiger partial charge in [0.1, 0.15) is 5.75 Å². The Hall–Kier alpha value is -2.38. The molecule has 0 aliphatic heterocycles. The lowest BCUT2D eigenvalue weighted by atomic mass is 10.2. The fourth-order valence-electron chi connectivity index (χ4n) is 2.12. The molecule has 3 aromatic rings. The molecule has 0 radical (unpaired) electrons. The van der Waals surface area contributed by atoms with Gasteiger partial charge >= 0.3 is 0 Å². The molecule has 0 aliphatic carbocycles. The number of nitrogens with one attached hydrogen (secondary N) is 1. The maximum absolute atomic E-state index is 11.9. The molecule has 0 saturated heterocycles. The van der Waals surface area contributed by atoms with Crippen LogP contribution in [0.15, 0.2) is 51.5 Å².